The van der Waals surface area contributed by atoms with E-state index in [0.29, 0.717) is 6.42 Å². The Morgan fingerprint density at radius 2 is 2.42 bits per heavy atom. The molecule has 0 aromatic carbocycles. The van der Waals surface area contributed by atoms with Crippen molar-refractivity contribution in [3.8, 4) is 0 Å². The fraction of sp³-hybridized carbons (Fsp3) is 0.889. The van der Waals surface area contributed by atoms with E-state index in [1.165, 1.54) is 0 Å². The third kappa shape index (κ3) is 1.97. The molecule has 1 fully saturated rings. The van der Waals surface area contributed by atoms with Gasteiger partial charge in [-0.05, 0) is 13.3 Å². The van der Waals surface area contributed by atoms with Crippen LogP contribution in [0.4, 0.5) is 0 Å². The van der Waals surface area contributed by atoms with Crippen LogP contribution in [0, 0.1) is 5.92 Å². The van der Waals surface area contributed by atoms with Crippen LogP contribution in [0.5, 0.6) is 0 Å². The minimum absolute atomic E-state index is 0.0228. The summed E-state index contributed by atoms with van der Waals surface area (Å²) in [4.78, 5) is 11.1. The first kappa shape index (κ1) is 9.52. The number of aliphatic hydroxyl groups is 1. The molecule has 12 heavy (non-hydrogen) atoms. The lowest BCUT2D eigenvalue weighted by molar-refractivity contribution is -0.147. The van der Waals surface area contributed by atoms with Gasteiger partial charge in [0.25, 0.3) is 0 Å². The van der Waals surface area contributed by atoms with Crippen LogP contribution in [0.3, 0.4) is 0 Å². The molecule has 0 aliphatic carbocycles. The third-order valence-electron chi connectivity index (χ3n) is 2.29. The Morgan fingerprint density at radius 1 is 1.75 bits per heavy atom. The second-order valence-corrected chi connectivity index (χ2v) is 3.44. The Kier molecular flexibility index (Phi) is 3.09. The number of carbonyl (C=O) groups excluding carboxylic acids is 1. The first-order chi connectivity index (χ1) is 5.65. The van der Waals surface area contributed by atoms with E-state index >= 15 is 0 Å². The lowest BCUT2D eigenvalue weighted by Crippen LogP contribution is -2.21. The van der Waals surface area contributed by atoms with Gasteiger partial charge in [-0.15, -0.1) is 0 Å². The molecule has 0 aromatic heterocycles. The van der Waals surface area contributed by atoms with Gasteiger partial charge in [0.1, 0.15) is 6.10 Å². The minimum Gasteiger partial charge on any atom is -0.459 e. The monoisotopic (exact) mass is 172 g/mol. The Hall–Kier alpha value is -0.570. The first-order valence-corrected chi connectivity index (χ1v) is 4.53. The average molecular weight is 172 g/mol. The predicted octanol–water partition coefficient (Wildman–Crippen LogP) is 1.10. The molecule has 0 aromatic rings. The van der Waals surface area contributed by atoms with Crippen molar-refractivity contribution < 1.29 is 14.6 Å². The van der Waals surface area contributed by atoms with Crippen molar-refractivity contribution in [1.82, 2.24) is 0 Å². The molecule has 1 N–H and O–H groups in total. The molecule has 0 bridgehead atoms. The first-order valence-electron chi connectivity index (χ1n) is 4.53. The Morgan fingerprint density at radius 3 is 2.83 bits per heavy atom. The topological polar surface area (TPSA) is 46.5 Å². The van der Waals surface area contributed by atoms with Gasteiger partial charge in [-0.2, -0.15) is 0 Å². The predicted molar refractivity (Wildman–Crippen MR) is 44.6 cm³/mol. The molecule has 1 saturated heterocycles. The van der Waals surface area contributed by atoms with Crippen LogP contribution in [0.25, 0.3) is 0 Å². The van der Waals surface area contributed by atoms with Gasteiger partial charge in [0, 0.05) is 6.42 Å². The number of ether oxygens (including phenoxy) is 1. The van der Waals surface area contributed by atoms with E-state index in [1.807, 2.05) is 6.92 Å². The molecular formula is C9H16O3. The lowest BCUT2D eigenvalue weighted by atomic mass is 9.98. The molecule has 1 aliphatic rings. The van der Waals surface area contributed by atoms with Gasteiger partial charge in [-0.3, -0.25) is 4.79 Å². The van der Waals surface area contributed by atoms with Crippen LogP contribution in [0.1, 0.15) is 33.1 Å². The molecule has 0 saturated carbocycles. The maximum atomic E-state index is 11.1. The zero-order valence-corrected chi connectivity index (χ0v) is 7.62. The van der Waals surface area contributed by atoms with E-state index in [0.717, 1.165) is 12.8 Å². The molecule has 1 rings (SSSR count). The largest absolute Gasteiger partial charge is 0.459 e. The Bertz CT molecular complexity index is 165. The van der Waals surface area contributed by atoms with Crippen molar-refractivity contribution in [2.45, 2.75) is 45.3 Å². The maximum absolute atomic E-state index is 11.1. The molecule has 70 valence electrons. The highest BCUT2D eigenvalue weighted by molar-refractivity contribution is 5.74. The fourth-order valence-electron chi connectivity index (χ4n) is 1.55. The van der Waals surface area contributed by atoms with Gasteiger partial charge in [-0.1, -0.05) is 13.3 Å². The Balaban J connectivity index is 2.44. The van der Waals surface area contributed by atoms with E-state index in [4.69, 9.17) is 4.74 Å². The number of cyclic esters (lactones) is 1. The standard InChI is InChI=1S/C9H16O3/c1-3-4-7-5-8(6(2)10)12-9(7)11/h6-8,10H,3-5H2,1-2H3/t6-,7-,8+/m1/s1. The number of hydrogen-bond acceptors (Lipinski definition) is 3. The van der Waals surface area contributed by atoms with E-state index in [2.05, 4.69) is 0 Å². The van der Waals surface area contributed by atoms with Crippen LogP contribution in [-0.4, -0.2) is 23.3 Å². The SMILES string of the molecule is CCC[C@@H]1C[C@@H]([C@@H](C)O)OC1=O. The third-order valence-corrected chi connectivity index (χ3v) is 2.29. The molecule has 0 unspecified atom stereocenters. The molecule has 3 heteroatoms. The minimum atomic E-state index is -0.532. The zero-order chi connectivity index (χ0) is 9.14. The lowest BCUT2D eigenvalue weighted by Gasteiger charge is -2.10. The number of carbonyl (C=O) groups is 1. The van der Waals surface area contributed by atoms with Crippen molar-refractivity contribution in [3.63, 3.8) is 0 Å². The van der Waals surface area contributed by atoms with Gasteiger partial charge in [0.05, 0.1) is 12.0 Å². The van der Waals surface area contributed by atoms with E-state index in [-0.39, 0.29) is 18.0 Å². The maximum Gasteiger partial charge on any atom is 0.309 e. The highest BCUT2D eigenvalue weighted by Crippen LogP contribution is 2.26. The fourth-order valence-corrected chi connectivity index (χ4v) is 1.55. The zero-order valence-electron chi connectivity index (χ0n) is 7.62. The van der Waals surface area contributed by atoms with Crippen LogP contribution in [-0.2, 0) is 9.53 Å². The van der Waals surface area contributed by atoms with Crippen LogP contribution in [0.15, 0.2) is 0 Å². The highest BCUT2D eigenvalue weighted by atomic mass is 16.6. The Labute approximate surface area is 72.7 Å². The molecule has 3 atom stereocenters. The number of hydrogen-bond donors (Lipinski definition) is 1. The van der Waals surface area contributed by atoms with Crippen molar-refractivity contribution in [3.05, 3.63) is 0 Å². The summed E-state index contributed by atoms with van der Waals surface area (Å²) in [5.41, 5.74) is 0. The van der Waals surface area contributed by atoms with Crippen molar-refractivity contribution in [2.24, 2.45) is 5.92 Å². The van der Waals surface area contributed by atoms with Gasteiger partial charge in [0.2, 0.25) is 0 Å². The number of esters is 1. The normalized spacial score (nSPS) is 31.8. The summed E-state index contributed by atoms with van der Waals surface area (Å²) in [5, 5.41) is 9.18. The van der Waals surface area contributed by atoms with Crippen LogP contribution < -0.4 is 0 Å². The number of rotatable bonds is 3. The highest BCUT2D eigenvalue weighted by Gasteiger charge is 2.35. The molecule has 0 radical (unpaired) electrons. The van der Waals surface area contributed by atoms with E-state index in [1.54, 1.807) is 6.92 Å². The van der Waals surface area contributed by atoms with Gasteiger partial charge in [0.15, 0.2) is 0 Å². The van der Waals surface area contributed by atoms with E-state index in [9.17, 15) is 9.90 Å². The van der Waals surface area contributed by atoms with Crippen molar-refractivity contribution in [2.75, 3.05) is 0 Å². The summed E-state index contributed by atoms with van der Waals surface area (Å²) in [6, 6.07) is 0. The summed E-state index contributed by atoms with van der Waals surface area (Å²) < 4.78 is 5.00. The molecule has 0 spiro atoms. The van der Waals surface area contributed by atoms with Crippen LogP contribution >= 0.6 is 0 Å². The van der Waals surface area contributed by atoms with Crippen molar-refractivity contribution >= 4 is 5.97 Å². The second kappa shape index (κ2) is 3.90. The molecule has 1 aliphatic heterocycles. The summed E-state index contributed by atoms with van der Waals surface area (Å²) in [7, 11) is 0. The van der Waals surface area contributed by atoms with Gasteiger partial charge in [-0.25, -0.2) is 0 Å². The van der Waals surface area contributed by atoms with Crippen LogP contribution in [0.2, 0.25) is 0 Å². The summed E-state index contributed by atoms with van der Waals surface area (Å²) in [5.74, 6) is -0.114. The summed E-state index contributed by atoms with van der Waals surface area (Å²) in [6.45, 7) is 3.70. The van der Waals surface area contributed by atoms with Gasteiger partial charge < -0.3 is 9.84 Å². The summed E-state index contributed by atoms with van der Waals surface area (Å²) in [6.07, 6.45) is 1.75. The quantitative estimate of drug-likeness (QED) is 0.648. The second-order valence-electron chi connectivity index (χ2n) is 3.44. The number of aliphatic hydroxyl groups excluding tert-OH is 1. The molecular weight excluding hydrogens is 156 g/mol. The van der Waals surface area contributed by atoms with E-state index < -0.39 is 6.10 Å². The average Bonchev–Trinajstić information content (AvgIpc) is 2.34. The van der Waals surface area contributed by atoms with Gasteiger partial charge >= 0.3 is 5.97 Å². The smallest absolute Gasteiger partial charge is 0.309 e. The summed E-state index contributed by atoms with van der Waals surface area (Å²) >= 11 is 0. The molecule has 0 amide bonds. The van der Waals surface area contributed by atoms with Crippen molar-refractivity contribution in [1.29, 1.82) is 0 Å². The molecule has 3 nitrogen and oxygen atoms in total. The molecule has 1 heterocycles.